The number of piperidine rings is 1. The second kappa shape index (κ2) is 4.91. The second-order valence-electron chi connectivity index (χ2n) is 3.65. The predicted molar refractivity (Wildman–Crippen MR) is 52.0 cm³/mol. The Labute approximate surface area is 88.1 Å². The molecule has 1 rings (SSSR count). The van der Waals surface area contributed by atoms with Gasteiger partial charge in [0.1, 0.15) is 6.04 Å². The van der Waals surface area contributed by atoms with Crippen molar-refractivity contribution in [3.8, 4) is 0 Å². The molecule has 0 aliphatic carbocycles. The summed E-state index contributed by atoms with van der Waals surface area (Å²) >= 11 is 0. The number of imide groups is 1. The summed E-state index contributed by atoms with van der Waals surface area (Å²) in [5.74, 6) is -1.81. The summed E-state index contributed by atoms with van der Waals surface area (Å²) in [5.41, 5.74) is 0. The molecule has 0 aromatic carbocycles. The number of hydrogen-bond acceptors (Lipinski definition) is 3. The van der Waals surface area contributed by atoms with Crippen molar-refractivity contribution in [1.82, 2.24) is 4.90 Å². The first kappa shape index (κ1) is 11.7. The molecule has 1 unspecified atom stereocenters. The summed E-state index contributed by atoms with van der Waals surface area (Å²) in [6.07, 6.45) is 2.05. The summed E-state index contributed by atoms with van der Waals surface area (Å²) in [6, 6.07) is -0.953. The average Bonchev–Trinajstić information content (AvgIpc) is 2.17. The smallest absolute Gasteiger partial charge is 0.326 e. The minimum absolute atomic E-state index is 0.232. The Hall–Kier alpha value is -1.39. The van der Waals surface area contributed by atoms with E-state index in [0.717, 1.165) is 4.90 Å². The molecule has 1 saturated heterocycles. The van der Waals surface area contributed by atoms with Gasteiger partial charge in [-0.25, -0.2) is 4.79 Å². The fourth-order valence-electron chi connectivity index (χ4n) is 1.75. The number of nitrogens with zero attached hydrogens (tertiary/aromatic N) is 1. The first-order valence-corrected chi connectivity index (χ1v) is 5.15. The highest BCUT2D eigenvalue weighted by atomic mass is 16.4. The van der Waals surface area contributed by atoms with Crippen molar-refractivity contribution in [3.05, 3.63) is 0 Å². The van der Waals surface area contributed by atoms with Crippen LogP contribution >= 0.6 is 0 Å². The number of hydrogen-bond donors (Lipinski definition) is 1. The lowest BCUT2D eigenvalue weighted by atomic mass is 10.0. The highest BCUT2D eigenvalue weighted by molar-refractivity contribution is 5.99. The third-order valence-corrected chi connectivity index (χ3v) is 2.47. The Morgan fingerprint density at radius 2 is 2.20 bits per heavy atom. The molecule has 1 aliphatic rings. The summed E-state index contributed by atoms with van der Waals surface area (Å²) in [4.78, 5) is 34.8. The van der Waals surface area contributed by atoms with Crippen LogP contribution in [0.4, 0.5) is 0 Å². The van der Waals surface area contributed by atoms with E-state index in [1.807, 2.05) is 6.92 Å². The monoisotopic (exact) mass is 213 g/mol. The van der Waals surface area contributed by atoms with Crippen LogP contribution in [0.1, 0.15) is 39.0 Å². The normalized spacial score (nSPS) is 21.5. The van der Waals surface area contributed by atoms with Crippen LogP contribution in [0.25, 0.3) is 0 Å². The zero-order valence-corrected chi connectivity index (χ0v) is 8.73. The third-order valence-electron chi connectivity index (χ3n) is 2.47. The molecule has 84 valence electrons. The van der Waals surface area contributed by atoms with Gasteiger partial charge in [-0.3, -0.25) is 14.5 Å². The fraction of sp³-hybridized carbons (Fsp3) is 0.700. The van der Waals surface area contributed by atoms with E-state index in [9.17, 15) is 14.4 Å². The van der Waals surface area contributed by atoms with E-state index in [4.69, 9.17) is 5.11 Å². The quantitative estimate of drug-likeness (QED) is 0.751. The van der Waals surface area contributed by atoms with E-state index in [1.165, 1.54) is 0 Å². The van der Waals surface area contributed by atoms with E-state index in [1.54, 1.807) is 0 Å². The molecule has 5 heteroatoms. The maximum Gasteiger partial charge on any atom is 0.326 e. The molecule has 1 fully saturated rings. The molecule has 0 saturated carbocycles. The van der Waals surface area contributed by atoms with Crippen molar-refractivity contribution in [2.24, 2.45) is 0 Å². The number of carboxylic acids is 1. The zero-order valence-electron chi connectivity index (χ0n) is 8.73. The van der Waals surface area contributed by atoms with Crippen LogP contribution in [0.3, 0.4) is 0 Å². The Balaban J connectivity index is 2.81. The van der Waals surface area contributed by atoms with Gasteiger partial charge in [-0.15, -0.1) is 0 Å². The average molecular weight is 213 g/mol. The summed E-state index contributed by atoms with van der Waals surface area (Å²) in [7, 11) is 0. The molecular formula is C10H15NO4. The van der Waals surface area contributed by atoms with Crippen molar-refractivity contribution < 1.29 is 19.5 Å². The molecule has 0 aromatic heterocycles. The van der Waals surface area contributed by atoms with Crippen molar-refractivity contribution in [2.45, 2.75) is 45.1 Å². The Kier molecular flexibility index (Phi) is 3.82. The van der Waals surface area contributed by atoms with Crippen LogP contribution in [0.15, 0.2) is 0 Å². The molecule has 1 heterocycles. The number of likely N-dealkylation sites (tertiary alicyclic amines) is 1. The number of carboxylic acid groups (broad SMARTS) is 1. The molecule has 2 amide bonds. The molecule has 5 nitrogen and oxygen atoms in total. The largest absolute Gasteiger partial charge is 0.480 e. The minimum atomic E-state index is -1.09. The molecule has 0 radical (unpaired) electrons. The third kappa shape index (κ3) is 2.55. The van der Waals surface area contributed by atoms with E-state index in [-0.39, 0.29) is 24.7 Å². The molecule has 1 N–H and O–H groups in total. The summed E-state index contributed by atoms with van der Waals surface area (Å²) < 4.78 is 0. The SMILES string of the molecule is CCCC(=O)N1C(=O)CCCC1C(=O)O. The van der Waals surface area contributed by atoms with Gasteiger partial charge in [0.2, 0.25) is 11.8 Å². The lowest BCUT2D eigenvalue weighted by Crippen LogP contribution is -2.51. The standard InChI is InChI=1S/C10H15NO4/c1-2-4-8(12)11-7(10(14)15)5-3-6-9(11)13/h7H,2-6H2,1H3,(H,14,15). The molecule has 0 bridgehead atoms. The lowest BCUT2D eigenvalue weighted by Gasteiger charge is -2.31. The van der Waals surface area contributed by atoms with Gasteiger partial charge in [-0.05, 0) is 19.3 Å². The molecular weight excluding hydrogens is 198 g/mol. The molecule has 0 spiro atoms. The van der Waals surface area contributed by atoms with E-state index in [2.05, 4.69) is 0 Å². The van der Waals surface area contributed by atoms with E-state index < -0.39 is 12.0 Å². The number of carbonyl (C=O) groups is 3. The van der Waals surface area contributed by atoms with Crippen LogP contribution in [-0.2, 0) is 14.4 Å². The highest BCUT2D eigenvalue weighted by Crippen LogP contribution is 2.19. The first-order valence-electron chi connectivity index (χ1n) is 5.15. The van der Waals surface area contributed by atoms with Gasteiger partial charge in [-0.1, -0.05) is 6.92 Å². The van der Waals surface area contributed by atoms with Gasteiger partial charge in [0, 0.05) is 12.8 Å². The zero-order chi connectivity index (χ0) is 11.4. The van der Waals surface area contributed by atoms with Gasteiger partial charge in [0.15, 0.2) is 0 Å². The topological polar surface area (TPSA) is 74.7 Å². The summed E-state index contributed by atoms with van der Waals surface area (Å²) in [5, 5.41) is 8.90. The summed E-state index contributed by atoms with van der Waals surface area (Å²) in [6.45, 7) is 1.82. The van der Waals surface area contributed by atoms with Gasteiger partial charge >= 0.3 is 5.97 Å². The van der Waals surface area contributed by atoms with E-state index in [0.29, 0.717) is 19.3 Å². The molecule has 0 aromatic rings. The van der Waals surface area contributed by atoms with Crippen LogP contribution in [0.2, 0.25) is 0 Å². The Morgan fingerprint density at radius 3 is 2.73 bits per heavy atom. The number of rotatable bonds is 3. The van der Waals surface area contributed by atoms with Crippen molar-refractivity contribution >= 4 is 17.8 Å². The Morgan fingerprint density at radius 1 is 1.53 bits per heavy atom. The van der Waals surface area contributed by atoms with Crippen LogP contribution in [0, 0.1) is 0 Å². The van der Waals surface area contributed by atoms with Crippen molar-refractivity contribution in [1.29, 1.82) is 0 Å². The predicted octanol–water partition coefficient (Wildman–Crippen LogP) is 0.779. The molecule has 1 atom stereocenters. The van der Waals surface area contributed by atoms with Crippen molar-refractivity contribution in [3.63, 3.8) is 0 Å². The molecule has 1 aliphatic heterocycles. The van der Waals surface area contributed by atoms with E-state index >= 15 is 0 Å². The highest BCUT2D eigenvalue weighted by Gasteiger charge is 2.36. The van der Waals surface area contributed by atoms with Crippen molar-refractivity contribution in [2.75, 3.05) is 0 Å². The van der Waals surface area contributed by atoms with Gasteiger partial charge in [0.25, 0.3) is 0 Å². The maximum atomic E-state index is 11.6. The van der Waals surface area contributed by atoms with Crippen LogP contribution < -0.4 is 0 Å². The Bertz CT molecular complexity index is 287. The van der Waals surface area contributed by atoms with Gasteiger partial charge < -0.3 is 5.11 Å². The number of amides is 2. The second-order valence-corrected chi connectivity index (χ2v) is 3.65. The first-order chi connectivity index (χ1) is 7.07. The maximum absolute atomic E-state index is 11.6. The molecule has 15 heavy (non-hydrogen) atoms. The van der Waals surface area contributed by atoms with Crippen LogP contribution in [0.5, 0.6) is 0 Å². The number of aliphatic carboxylic acids is 1. The number of carbonyl (C=O) groups excluding carboxylic acids is 2. The van der Waals surface area contributed by atoms with Gasteiger partial charge in [-0.2, -0.15) is 0 Å². The van der Waals surface area contributed by atoms with Gasteiger partial charge in [0.05, 0.1) is 0 Å². The van der Waals surface area contributed by atoms with Crippen LogP contribution in [-0.4, -0.2) is 33.8 Å². The fourth-order valence-corrected chi connectivity index (χ4v) is 1.75. The lowest BCUT2D eigenvalue weighted by molar-refractivity contribution is -0.160. The minimum Gasteiger partial charge on any atom is -0.480 e.